The number of nitrogens with zero attached hydrogens (tertiary/aromatic N) is 3. The zero-order valence-electron chi connectivity index (χ0n) is 17.7. The number of aliphatic imine (C=N–C) groups is 1. The maximum absolute atomic E-state index is 5.41. The lowest BCUT2D eigenvalue weighted by molar-refractivity contribution is 0.393. The van der Waals surface area contributed by atoms with Gasteiger partial charge in [-0.1, -0.05) is 0 Å². The number of guanidine groups is 1. The fraction of sp³-hybridized carbons (Fsp3) is 0.524. The van der Waals surface area contributed by atoms with Crippen LogP contribution in [0.3, 0.4) is 0 Å². The second-order valence-electron chi connectivity index (χ2n) is 7.02. The van der Waals surface area contributed by atoms with Crippen LogP contribution < -0.4 is 25.0 Å². The Kier molecular flexibility index (Phi) is 7.57. The molecule has 7 nitrogen and oxygen atoms in total. The molecule has 2 heterocycles. The SMILES string of the molecule is CCNC(=NCc1cnc(C)s1)NC1CCN(c2cc(OC)cc(OC)c2)CC1. The van der Waals surface area contributed by atoms with Gasteiger partial charge in [0.25, 0.3) is 0 Å². The molecule has 0 aliphatic carbocycles. The summed E-state index contributed by atoms with van der Waals surface area (Å²) in [6.45, 7) is 7.56. The summed E-state index contributed by atoms with van der Waals surface area (Å²) >= 11 is 1.70. The van der Waals surface area contributed by atoms with Crippen molar-refractivity contribution >= 4 is 23.0 Å². The van der Waals surface area contributed by atoms with Crippen LogP contribution in [0.2, 0.25) is 0 Å². The van der Waals surface area contributed by atoms with E-state index in [4.69, 9.17) is 14.5 Å². The van der Waals surface area contributed by atoms with Crippen LogP contribution in [0.4, 0.5) is 5.69 Å². The molecule has 0 saturated carbocycles. The number of anilines is 1. The van der Waals surface area contributed by atoms with E-state index in [1.165, 1.54) is 4.88 Å². The van der Waals surface area contributed by atoms with Crippen molar-refractivity contribution < 1.29 is 9.47 Å². The van der Waals surface area contributed by atoms with E-state index in [0.717, 1.165) is 60.6 Å². The Morgan fingerprint density at radius 1 is 1.21 bits per heavy atom. The minimum absolute atomic E-state index is 0.403. The number of nitrogens with one attached hydrogen (secondary N) is 2. The Morgan fingerprint density at radius 2 is 1.90 bits per heavy atom. The number of piperidine rings is 1. The molecule has 8 heteroatoms. The van der Waals surface area contributed by atoms with Crippen LogP contribution in [-0.4, -0.2) is 50.8 Å². The highest BCUT2D eigenvalue weighted by Crippen LogP contribution is 2.30. The van der Waals surface area contributed by atoms with Crippen molar-refractivity contribution in [3.05, 3.63) is 34.3 Å². The van der Waals surface area contributed by atoms with Crippen molar-refractivity contribution in [1.29, 1.82) is 0 Å². The van der Waals surface area contributed by atoms with Crippen molar-refractivity contribution in [1.82, 2.24) is 15.6 Å². The first kappa shape index (κ1) is 21.2. The predicted octanol–water partition coefficient (Wildman–Crippen LogP) is 3.19. The van der Waals surface area contributed by atoms with Gasteiger partial charge in [-0.15, -0.1) is 11.3 Å². The Morgan fingerprint density at radius 3 is 2.45 bits per heavy atom. The van der Waals surface area contributed by atoms with Crippen molar-refractivity contribution in [3.63, 3.8) is 0 Å². The number of methoxy groups -OCH3 is 2. The Bertz CT molecular complexity index is 793. The van der Waals surface area contributed by atoms with E-state index in [1.54, 1.807) is 25.6 Å². The molecule has 2 aromatic rings. The highest BCUT2D eigenvalue weighted by atomic mass is 32.1. The van der Waals surface area contributed by atoms with Gasteiger partial charge in [-0.2, -0.15) is 0 Å². The summed E-state index contributed by atoms with van der Waals surface area (Å²) in [7, 11) is 3.37. The van der Waals surface area contributed by atoms with E-state index in [-0.39, 0.29) is 0 Å². The van der Waals surface area contributed by atoms with Crippen LogP contribution in [0.15, 0.2) is 29.4 Å². The molecule has 0 radical (unpaired) electrons. The molecule has 3 rings (SSSR count). The Hall–Kier alpha value is -2.48. The molecule has 0 spiro atoms. The normalized spacial score (nSPS) is 15.3. The molecule has 1 aliphatic heterocycles. The molecule has 1 saturated heterocycles. The van der Waals surface area contributed by atoms with Crippen LogP contribution in [0.25, 0.3) is 0 Å². The third-order valence-electron chi connectivity index (χ3n) is 4.94. The molecule has 2 N–H and O–H groups in total. The Balaban J connectivity index is 1.57. The third kappa shape index (κ3) is 6.00. The lowest BCUT2D eigenvalue weighted by atomic mass is 10.0. The molecule has 29 heavy (non-hydrogen) atoms. The highest BCUT2D eigenvalue weighted by Gasteiger charge is 2.21. The average Bonchev–Trinajstić information content (AvgIpc) is 3.17. The molecule has 0 amide bonds. The zero-order valence-corrected chi connectivity index (χ0v) is 18.5. The quantitative estimate of drug-likeness (QED) is 0.533. The summed E-state index contributed by atoms with van der Waals surface area (Å²) in [6, 6.07) is 6.44. The molecule has 158 valence electrons. The minimum atomic E-state index is 0.403. The van der Waals surface area contributed by atoms with E-state index in [2.05, 4.69) is 39.6 Å². The van der Waals surface area contributed by atoms with Gasteiger partial charge >= 0.3 is 0 Å². The maximum atomic E-state index is 5.41. The zero-order chi connectivity index (χ0) is 20.6. The lowest BCUT2D eigenvalue weighted by Gasteiger charge is -2.34. The van der Waals surface area contributed by atoms with Gasteiger partial charge in [0, 0.05) is 60.6 Å². The number of benzene rings is 1. The first-order chi connectivity index (χ1) is 14.1. The van der Waals surface area contributed by atoms with Crippen molar-refractivity contribution in [2.75, 3.05) is 38.8 Å². The van der Waals surface area contributed by atoms with E-state index in [9.17, 15) is 0 Å². The summed E-state index contributed by atoms with van der Waals surface area (Å²) in [6.07, 6.45) is 4.00. The number of ether oxygens (including phenoxy) is 2. The van der Waals surface area contributed by atoms with E-state index >= 15 is 0 Å². The molecular formula is C21H31N5O2S. The largest absolute Gasteiger partial charge is 0.497 e. The summed E-state index contributed by atoms with van der Waals surface area (Å²) in [5, 5.41) is 8.03. The average molecular weight is 418 g/mol. The van der Waals surface area contributed by atoms with Gasteiger partial charge in [0.05, 0.1) is 25.8 Å². The highest BCUT2D eigenvalue weighted by molar-refractivity contribution is 7.11. The predicted molar refractivity (Wildman–Crippen MR) is 120 cm³/mol. The second kappa shape index (κ2) is 10.3. The monoisotopic (exact) mass is 417 g/mol. The third-order valence-corrected chi connectivity index (χ3v) is 5.84. The molecule has 1 aliphatic rings. The van der Waals surface area contributed by atoms with Gasteiger partial charge in [0.2, 0.25) is 0 Å². The van der Waals surface area contributed by atoms with E-state index < -0.39 is 0 Å². The number of hydrogen-bond donors (Lipinski definition) is 2. The van der Waals surface area contributed by atoms with Gasteiger partial charge in [0.15, 0.2) is 5.96 Å². The Labute approximate surface area is 177 Å². The summed E-state index contributed by atoms with van der Waals surface area (Å²) < 4.78 is 10.8. The number of thiazole rings is 1. The number of hydrogen-bond acceptors (Lipinski definition) is 6. The standard InChI is InChI=1S/C21H31N5O2S/c1-5-22-21(24-14-20-13-23-15(2)29-20)25-16-6-8-26(9-7-16)17-10-18(27-3)12-19(11-17)28-4/h10-13,16H,5-9,14H2,1-4H3,(H2,22,24,25). The number of rotatable bonds is 7. The molecule has 0 bridgehead atoms. The van der Waals surface area contributed by atoms with Crippen molar-refractivity contribution in [2.45, 2.75) is 39.3 Å². The summed E-state index contributed by atoms with van der Waals surface area (Å²) in [5.41, 5.74) is 1.14. The number of aryl methyl sites for hydroxylation is 1. The van der Waals surface area contributed by atoms with Crippen LogP contribution in [0, 0.1) is 6.92 Å². The van der Waals surface area contributed by atoms with Crippen LogP contribution >= 0.6 is 11.3 Å². The van der Waals surface area contributed by atoms with Gasteiger partial charge in [0.1, 0.15) is 11.5 Å². The van der Waals surface area contributed by atoms with Crippen LogP contribution in [0.5, 0.6) is 11.5 Å². The number of aromatic nitrogens is 1. The topological polar surface area (TPSA) is 71.0 Å². The van der Waals surface area contributed by atoms with Crippen LogP contribution in [0.1, 0.15) is 29.7 Å². The smallest absolute Gasteiger partial charge is 0.191 e. The van der Waals surface area contributed by atoms with Gasteiger partial charge in [-0.25, -0.2) is 9.98 Å². The molecule has 0 atom stereocenters. The molecule has 0 unspecified atom stereocenters. The van der Waals surface area contributed by atoms with E-state index in [1.807, 2.05) is 19.2 Å². The molecule has 1 aromatic carbocycles. The van der Waals surface area contributed by atoms with Crippen molar-refractivity contribution in [2.24, 2.45) is 4.99 Å². The van der Waals surface area contributed by atoms with Gasteiger partial charge in [-0.05, 0) is 26.7 Å². The fourth-order valence-electron chi connectivity index (χ4n) is 3.41. The first-order valence-corrected chi connectivity index (χ1v) is 10.9. The van der Waals surface area contributed by atoms with Crippen molar-refractivity contribution in [3.8, 4) is 11.5 Å². The lowest BCUT2D eigenvalue weighted by Crippen LogP contribution is -2.48. The van der Waals surface area contributed by atoms with E-state index in [0.29, 0.717) is 12.6 Å². The van der Waals surface area contributed by atoms with Gasteiger partial charge in [-0.3, -0.25) is 0 Å². The molecular weight excluding hydrogens is 386 g/mol. The summed E-state index contributed by atoms with van der Waals surface area (Å²) in [5.74, 6) is 2.51. The fourth-order valence-corrected chi connectivity index (χ4v) is 4.13. The molecule has 1 aromatic heterocycles. The molecule has 1 fully saturated rings. The summed E-state index contributed by atoms with van der Waals surface area (Å²) in [4.78, 5) is 12.6. The first-order valence-electron chi connectivity index (χ1n) is 10.1. The maximum Gasteiger partial charge on any atom is 0.191 e. The van der Waals surface area contributed by atoms with Crippen LogP contribution in [-0.2, 0) is 6.54 Å². The van der Waals surface area contributed by atoms with Gasteiger partial charge < -0.3 is 25.0 Å². The minimum Gasteiger partial charge on any atom is -0.497 e. The second-order valence-corrected chi connectivity index (χ2v) is 8.34.